The first-order chi connectivity index (χ1) is 8.29. The summed E-state index contributed by atoms with van der Waals surface area (Å²) in [6, 6.07) is 7.57. The normalized spacial score (nSPS) is 18.4. The SMILES string of the molecule is C=C1OCC(COc2ccccc2OCC)O1. The zero-order valence-corrected chi connectivity index (χ0v) is 9.85. The second-order valence-electron chi connectivity index (χ2n) is 3.61. The Balaban J connectivity index is 1.91. The van der Waals surface area contributed by atoms with Crippen LogP contribution in [0.25, 0.3) is 0 Å². The third-order valence-electron chi connectivity index (χ3n) is 2.30. The van der Waals surface area contributed by atoms with Gasteiger partial charge in [-0.1, -0.05) is 12.1 Å². The van der Waals surface area contributed by atoms with Crippen molar-refractivity contribution in [3.05, 3.63) is 36.8 Å². The first-order valence-corrected chi connectivity index (χ1v) is 5.62. The van der Waals surface area contributed by atoms with Gasteiger partial charge in [0.05, 0.1) is 6.61 Å². The second kappa shape index (κ2) is 5.48. The Morgan fingerprint density at radius 2 is 2.00 bits per heavy atom. The van der Waals surface area contributed by atoms with E-state index in [1.54, 1.807) is 0 Å². The standard InChI is InChI=1S/C13H16O4/c1-3-14-12-6-4-5-7-13(12)16-9-11-8-15-10(2)17-11/h4-7,11H,2-3,8-9H2,1H3. The highest BCUT2D eigenvalue weighted by atomic mass is 16.7. The molecule has 4 heteroatoms. The predicted molar refractivity (Wildman–Crippen MR) is 63.1 cm³/mol. The number of hydrogen-bond donors (Lipinski definition) is 0. The van der Waals surface area contributed by atoms with Crippen LogP contribution in [0.3, 0.4) is 0 Å². The van der Waals surface area contributed by atoms with Crippen molar-refractivity contribution in [1.29, 1.82) is 0 Å². The van der Waals surface area contributed by atoms with Gasteiger partial charge in [0, 0.05) is 0 Å². The van der Waals surface area contributed by atoms with E-state index in [1.807, 2.05) is 31.2 Å². The molecule has 1 aliphatic rings. The Kier molecular flexibility index (Phi) is 3.75. The number of ether oxygens (including phenoxy) is 4. The Hall–Kier alpha value is -1.84. The van der Waals surface area contributed by atoms with Crippen LogP contribution >= 0.6 is 0 Å². The van der Waals surface area contributed by atoms with Crippen molar-refractivity contribution >= 4 is 0 Å². The summed E-state index contributed by atoms with van der Waals surface area (Å²) >= 11 is 0. The molecule has 1 heterocycles. The summed E-state index contributed by atoms with van der Waals surface area (Å²) in [5.74, 6) is 1.82. The molecular weight excluding hydrogens is 220 g/mol. The highest BCUT2D eigenvalue weighted by Gasteiger charge is 2.21. The van der Waals surface area contributed by atoms with E-state index in [0.29, 0.717) is 25.8 Å². The quantitative estimate of drug-likeness (QED) is 0.786. The summed E-state index contributed by atoms with van der Waals surface area (Å²) in [4.78, 5) is 0. The van der Waals surface area contributed by atoms with Gasteiger partial charge in [0.15, 0.2) is 17.6 Å². The molecule has 1 unspecified atom stereocenters. The highest BCUT2D eigenvalue weighted by molar-refractivity contribution is 5.39. The Labute approximate surface area is 101 Å². The van der Waals surface area contributed by atoms with Crippen LogP contribution in [-0.4, -0.2) is 25.9 Å². The first-order valence-electron chi connectivity index (χ1n) is 5.62. The molecule has 1 aliphatic heterocycles. The molecule has 0 radical (unpaired) electrons. The molecule has 1 aromatic carbocycles. The van der Waals surface area contributed by atoms with Crippen LogP contribution in [0.4, 0.5) is 0 Å². The van der Waals surface area contributed by atoms with Gasteiger partial charge in [-0.05, 0) is 25.6 Å². The third-order valence-corrected chi connectivity index (χ3v) is 2.30. The molecule has 0 aromatic heterocycles. The average Bonchev–Trinajstić information content (AvgIpc) is 2.74. The number of hydrogen-bond acceptors (Lipinski definition) is 4. The van der Waals surface area contributed by atoms with Gasteiger partial charge < -0.3 is 18.9 Å². The zero-order valence-electron chi connectivity index (χ0n) is 9.85. The zero-order chi connectivity index (χ0) is 12.1. The van der Waals surface area contributed by atoms with Gasteiger partial charge >= 0.3 is 0 Å². The third kappa shape index (κ3) is 3.06. The summed E-state index contributed by atoms with van der Waals surface area (Å²) in [5.41, 5.74) is 0. The maximum absolute atomic E-state index is 5.65. The minimum atomic E-state index is -0.0998. The van der Waals surface area contributed by atoms with Gasteiger partial charge in [0.2, 0.25) is 0 Å². The van der Waals surface area contributed by atoms with Crippen LogP contribution in [0.5, 0.6) is 11.5 Å². The Bertz CT molecular complexity index is 389. The predicted octanol–water partition coefficient (Wildman–Crippen LogP) is 2.35. The molecule has 0 saturated carbocycles. The summed E-state index contributed by atoms with van der Waals surface area (Å²) in [6.07, 6.45) is -0.0998. The van der Waals surface area contributed by atoms with E-state index in [9.17, 15) is 0 Å². The molecule has 17 heavy (non-hydrogen) atoms. The van der Waals surface area contributed by atoms with E-state index in [4.69, 9.17) is 18.9 Å². The van der Waals surface area contributed by atoms with Crippen molar-refractivity contribution in [3.8, 4) is 11.5 Å². The van der Waals surface area contributed by atoms with Crippen LogP contribution in [-0.2, 0) is 9.47 Å². The summed E-state index contributed by atoms with van der Waals surface area (Å²) in [6.45, 7) is 7.03. The van der Waals surface area contributed by atoms with Crippen LogP contribution in [0, 0.1) is 0 Å². The molecule has 1 aromatic rings. The van der Waals surface area contributed by atoms with E-state index < -0.39 is 0 Å². The largest absolute Gasteiger partial charge is 0.490 e. The molecule has 0 amide bonds. The summed E-state index contributed by atoms with van der Waals surface area (Å²) in [7, 11) is 0. The molecule has 2 rings (SSSR count). The topological polar surface area (TPSA) is 36.9 Å². The lowest BCUT2D eigenvalue weighted by atomic mass is 10.3. The molecule has 1 atom stereocenters. The van der Waals surface area contributed by atoms with E-state index in [2.05, 4.69) is 6.58 Å². The number of para-hydroxylation sites is 2. The molecule has 0 N–H and O–H groups in total. The lowest BCUT2D eigenvalue weighted by Gasteiger charge is -2.13. The minimum absolute atomic E-state index is 0.0998. The van der Waals surface area contributed by atoms with Crippen molar-refractivity contribution in [2.24, 2.45) is 0 Å². The fourth-order valence-electron chi connectivity index (χ4n) is 1.55. The van der Waals surface area contributed by atoms with E-state index in [-0.39, 0.29) is 6.10 Å². The van der Waals surface area contributed by atoms with Crippen molar-refractivity contribution in [1.82, 2.24) is 0 Å². The van der Waals surface area contributed by atoms with Crippen LogP contribution in [0.2, 0.25) is 0 Å². The van der Waals surface area contributed by atoms with E-state index in [1.165, 1.54) is 0 Å². The maximum atomic E-state index is 5.65. The molecule has 1 saturated heterocycles. The van der Waals surface area contributed by atoms with Crippen molar-refractivity contribution < 1.29 is 18.9 Å². The van der Waals surface area contributed by atoms with Crippen molar-refractivity contribution in [2.75, 3.05) is 19.8 Å². The molecule has 92 valence electrons. The highest BCUT2D eigenvalue weighted by Crippen LogP contribution is 2.27. The minimum Gasteiger partial charge on any atom is -0.490 e. The first kappa shape index (κ1) is 11.6. The van der Waals surface area contributed by atoms with Gasteiger partial charge in [-0.15, -0.1) is 0 Å². The number of benzene rings is 1. The van der Waals surface area contributed by atoms with Gasteiger partial charge in [-0.25, -0.2) is 0 Å². The van der Waals surface area contributed by atoms with Gasteiger partial charge in [-0.2, -0.15) is 0 Å². The molecule has 0 aliphatic carbocycles. The van der Waals surface area contributed by atoms with Gasteiger partial charge in [-0.3, -0.25) is 0 Å². The number of rotatable bonds is 5. The van der Waals surface area contributed by atoms with Crippen LogP contribution < -0.4 is 9.47 Å². The summed E-state index contributed by atoms with van der Waals surface area (Å²) < 4.78 is 21.5. The molecule has 0 bridgehead atoms. The Morgan fingerprint density at radius 3 is 2.59 bits per heavy atom. The summed E-state index contributed by atoms with van der Waals surface area (Å²) in [5, 5.41) is 0. The van der Waals surface area contributed by atoms with Gasteiger partial charge in [0.25, 0.3) is 5.95 Å². The van der Waals surface area contributed by atoms with E-state index in [0.717, 1.165) is 11.5 Å². The molecule has 4 nitrogen and oxygen atoms in total. The lowest BCUT2D eigenvalue weighted by molar-refractivity contribution is 0.102. The Morgan fingerprint density at radius 1 is 1.29 bits per heavy atom. The van der Waals surface area contributed by atoms with Crippen molar-refractivity contribution in [2.45, 2.75) is 13.0 Å². The molecule has 0 spiro atoms. The second-order valence-corrected chi connectivity index (χ2v) is 3.61. The van der Waals surface area contributed by atoms with Crippen LogP contribution in [0.1, 0.15) is 6.92 Å². The fraction of sp³-hybridized carbons (Fsp3) is 0.385. The van der Waals surface area contributed by atoms with E-state index >= 15 is 0 Å². The fourth-order valence-corrected chi connectivity index (χ4v) is 1.55. The lowest BCUT2D eigenvalue weighted by Crippen LogP contribution is -2.19. The van der Waals surface area contributed by atoms with Crippen molar-refractivity contribution in [3.63, 3.8) is 0 Å². The maximum Gasteiger partial charge on any atom is 0.272 e. The van der Waals surface area contributed by atoms with Gasteiger partial charge in [0.1, 0.15) is 13.2 Å². The molecular formula is C13H16O4. The smallest absolute Gasteiger partial charge is 0.272 e. The molecule has 1 fully saturated rings. The van der Waals surface area contributed by atoms with Crippen LogP contribution in [0.15, 0.2) is 36.8 Å². The monoisotopic (exact) mass is 236 g/mol. The average molecular weight is 236 g/mol.